The van der Waals surface area contributed by atoms with Crippen molar-refractivity contribution in [2.24, 2.45) is 0 Å². The van der Waals surface area contributed by atoms with E-state index < -0.39 is 0 Å². The zero-order valence-corrected chi connectivity index (χ0v) is 11.9. The van der Waals surface area contributed by atoms with E-state index >= 15 is 0 Å². The number of aryl methyl sites for hydroxylation is 2. The molecule has 1 N–H and O–H groups in total. The number of nitrogens with one attached hydrogen (secondary N) is 1. The summed E-state index contributed by atoms with van der Waals surface area (Å²) in [6, 6.07) is 5.37. The lowest BCUT2D eigenvalue weighted by Gasteiger charge is -2.02. The number of benzene rings is 1. The van der Waals surface area contributed by atoms with Crippen LogP contribution in [0.15, 0.2) is 24.4 Å². The quantitative estimate of drug-likeness (QED) is 0.803. The van der Waals surface area contributed by atoms with Crippen molar-refractivity contribution >= 4 is 33.4 Å². The van der Waals surface area contributed by atoms with Crippen LogP contribution in [-0.4, -0.2) is 25.9 Å². The second-order valence-corrected chi connectivity index (χ2v) is 5.57. The molecule has 0 aliphatic heterocycles. The predicted molar refractivity (Wildman–Crippen MR) is 78.0 cm³/mol. The van der Waals surface area contributed by atoms with Gasteiger partial charge in [0.05, 0.1) is 5.52 Å². The Kier molecular flexibility index (Phi) is 3.19. The van der Waals surface area contributed by atoms with Gasteiger partial charge in [0.2, 0.25) is 0 Å². The topological polar surface area (TPSA) is 72.7 Å². The number of amides is 1. The third-order valence-electron chi connectivity index (χ3n) is 2.92. The normalized spacial score (nSPS) is 10.9. The van der Waals surface area contributed by atoms with Crippen molar-refractivity contribution < 1.29 is 4.79 Å². The average molecular weight is 287 g/mol. The van der Waals surface area contributed by atoms with Crippen LogP contribution >= 0.6 is 11.3 Å². The van der Waals surface area contributed by atoms with Crippen molar-refractivity contribution in [2.75, 3.05) is 5.32 Å². The molecule has 102 valence electrons. The highest BCUT2D eigenvalue weighted by Gasteiger charge is 2.11. The zero-order valence-electron chi connectivity index (χ0n) is 11.1. The molecule has 3 rings (SSSR count). The molecular weight excluding hydrogens is 274 g/mol. The summed E-state index contributed by atoms with van der Waals surface area (Å²) in [6.45, 7) is 4.70. The van der Waals surface area contributed by atoms with Gasteiger partial charge in [-0.1, -0.05) is 5.21 Å². The van der Waals surface area contributed by atoms with E-state index in [1.807, 2.05) is 19.9 Å². The minimum Gasteiger partial charge on any atom is -0.298 e. The highest BCUT2D eigenvalue weighted by molar-refractivity contribution is 7.15. The lowest BCUT2D eigenvalue weighted by atomic mass is 10.2. The maximum absolute atomic E-state index is 12.1. The Morgan fingerprint density at radius 3 is 3.00 bits per heavy atom. The second kappa shape index (κ2) is 5.01. The van der Waals surface area contributed by atoms with Crippen LogP contribution in [0.4, 0.5) is 5.13 Å². The number of carbonyl (C=O) groups is 1. The molecule has 20 heavy (non-hydrogen) atoms. The summed E-state index contributed by atoms with van der Waals surface area (Å²) in [7, 11) is 0. The molecule has 0 atom stereocenters. The summed E-state index contributed by atoms with van der Waals surface area (Å²) in [6.07, 6.45) is 1.73. The molecule has 6 nitrogen and oxygen atoms in total. The first-order valence-electron chi connectivity index (χ1n) is 6.24. The molecule has 0 bridgehead atoms. The van der Waals surface area contributed by atoms with E-state index in [2.05, 4.69) is 20.6 Å². The number of rotatable bonds is 3. The third-order valence-corrected chi connectivity index (χ3v) is 3.75. The van der Waals surface area contributed by atoms with Crippen LogP contribution < -0.4 is 5.32 Å². The zero-order chi connectivity index (χ0) is 14.1. The van der Waals surface area contributed by atoms with Gasteiger partial charge in [-0.25, -0.2) is 9.67 Å². The van der Waals surface area contributed by atoms with E-state index in [9.17, 15) is 4.79 Å². The Labute approximate surface area is 119 Å². The first-order valence-corrected chi connectivity index (χ1v) is 7.06. The summed E-state index contributed by atoms with van der Waals surface area (Å²) in [5, 5.41) is 11.5. The number of carbonyl (C=O) groups excluding carboxylic acids is 1. The molecule has 0 aliphatic rings. The monoisotopic (exact) mass is 287 g/mol. The molecular formula is C13H13N5OS. The van der Waals surface area contributed by atoms with E-state index in [-0.39, 0.29) is 5.91 Å². The molecule has 1 aromatic carbocycles. The Morgan fingerprint density at radius 1 is 1.45 bits per heavy atom. The van der Waals surface area contributed by atoms with Gasteiger partial charge in [0.1, 0.15) is 5.52 Å². The molecule has 0 spiro atoms. The Balaban J connectivity index is 1.88. The van der Waals surface area contributed by atoms with Gasteiger partial charge in [-0.15, -0.1) is 16.4 Å². The van der Waals surface area contributed by atoms with E-state index in [1.165, 1.54) is 11.3 Å². The molecule has 0 fully saturated rings. The molecule has 7 heteroatoms. The summed E-state index contributed by atoms with van der Waals surface area (Å²) >= 11 is 1.45. The minimum absolute atomic E-state index is 0.188. The minimum atomic E-state index is -0.188. The third kappa shape index (κ3) is 2.27. The van der Waals surface area contributed by atoms with Gasteiger partial charge in [-0.05, 0) is 32.0 Å². The largest absolute Gasteiger partial charge is 0.298 e. The number of nitrogens with zero attached hydrogens (tertiary/aromatic N) is 4. The smallest absolute Gasteiger partial charge is 0.257 e. The van der Waals surface area contributed by atoms with E-state index in [0.717, 1.165) is 22.5 Å². The van der Waals surface area contributed by atoms with Crippen LogP contribution in [0.2, 0.25) is 0 Å². The van der Waals surface area contributed by atoms with Crippen molar-refractivity contribution in [3.8, 4) is 0 Å². The van der Waals surface area contributed by atoms with Crippen LogP contribution in [0.25, 0.3) is 11.0 Å². The van der Waals surface area contributed by atoms with Crippen LogP contribution in [-0.2, 0) is 6.54 Å². The van der Waals surface area contributed by atoms with Gasteiger partial charge in [0.25, 0.3) is 5.91 Å². The fourth-order valence-electron chi connectivity index (χ4n) is 1.93. The van der Waals surface area contributed by atoms with Gasteiger partial charge in [0, 0.05) is 23.2 Å². The van der Waals surface area contributed by atoms with Gasteiger partial charge >= 0.3 is 0 Å². The van der Waals surface area contributed by atoms with Gasteiger partial charge < -0.3 is 0 Å². The summed E-state index contributed by atoms with van der Waals surface area (Å²) in [5.41, 5.74) is 2.19. The van der Waals surface area contributed by atoms with Crippen LogP contribution in [0, 0.1) is 6.92 Å². The fraction of sp³-hybridized carbons (Fsp3) is 0.231. The molecule has 0 unspecified atom stereocenters. The Bertz CT molecular complexity index is 776. The number of aromatic nitrogens is 4. The SMILES string of the molecule is CCn1nnc2cc(C(=O)Nc3ncc(C)s3)ccc21. The van der Waals surface area contributed by atoms with Crippen molar-refractivity contribution in [1.82, 2.24) is 20.0 Å². The van der Waals surface area contributed by atoms with E-state index in [1.54, 1.807) is 23.0 Å². The summed E-state index contributed by atoms with van der Waals surface area (Å²) < 4.78 is 1.79. The van der Waals surface area contributed by atoms with Crippen molar-refractivity contribution in [3.63, 3.8) is 0 Å². The molecule has 2 heterocycles. The highest BCUT2D eigenvalue weighted by atomic mass is 32.1. The standard InChI is InChI=1S/C13H13N5OS/c1-3-18-11-5-4-9(6-10(11)16-17-18)12(19)15-13-14-7-8(2)20-13/h4-7H,3H2,1-2H3,(H,14,15,19). The van der Waals surface area contributed by atoms with E-state index in [4.69, 9.17) is 0 Å². The van der Waals surface area contributed by atoms with Gasteiger partial charge in [-0.2, -0.15) is 0 Å². The molecule has 0 saturated heterocycles. The maximum atomic E-state index is 12.1. The van der Waals surface area contributed by atoms with Crippen molar-refractivity contribution in [2.45, 2.75) is 20.4 Å². The molecule has 0 radical (unpaired) electrons. The first-order chi connectivity index (χ1) is 9.67. The highest BCUT2D eigenvalue weighted by Crippen LogP contribution is 2.19. The van der Waals surface area contributed by atoms with Crippen molar-refractivity contribution in [1.29, 1.82) is 0 Å². The van der Waals surface area contributed by atoms with Gasteiger partial charge in [-0.3, -0.25) is 10.1 Å². The lowest BCUT2D eigenvalue weighted by Crippen LogP contribution is -2.11. The number of hydrogen-bond acceptors (Lipinski definition) is 5. The average Bonchev–Trinajstić information content (AvgIpc) is 3.03. The number of anilines is 1. The molecule has 3 aromatic rings. The molecule has 1 amide bonds. The summed E-state index contributed by atoms with van der Waals surface area (Å²) in [5.74, 6) is -0.188. The Morgan fingerprint density at radius 2 is 2.30 bits per heavy atom. The fourth-order valence-corrected chi connectivity index (χ4v) is 2.59. The van der Waals surface area contributed by atoms with Crippen LogP contribution in [0.5, 0.6) is 0 Å². The lowest BCUT2D eigenvalue weighted by molar-refractivity contribution is 0.102. The predicted octanol–water partition coefficient (Wildman–Crippen LogP) is 2.47. The first kappa shape index (κ1) is 12.7. The maximum Gasteiger partial charge on any atom is 0.257 e. The summed E-state index contributed by atoms with van der Waals surface area (Å²) in [4.78, 5) is 17.3. The number of thiazole rings is 1. The van der Waals surface area contributed by atoms with Gasteiger partial charge in [0.15, 0.2) is 5.13 Å². The number of hydrogen-bond donors (Lipinski definition) is 1. The second-order valence-electron chi connectivity index (χ2n) is 4.34. The molecule has 2 aromatic heterocycles. The van der Waals surface area contributed by atoms with Crippen LogP contribution in [0.1, 0.15) is 22.2 Å². The molecule has 0 saturated carbocycles. The molecule has 0 aliphatic carbocycles. The van der Waals surface area contributed by atoms with E-state index in [0.29, 0.717) is 10.7 Å². The van der Waals surface area contributed by atoms with Crippen molar-refractivity contribution in [3.05, 3.63) is 34.8 Å². The number of fused-ring (bicyclic) bond motifs is 1. The Hall–Kier alpha value is -2.28. The van der Waals surface area contributed by atoms with Crippen LogP contribution in [0.3, 0.4) is 0 Å².